The lowest BCUT2D eigenvalue weighted by atomic mass is 9.74. The van der Waals surface area contributed by atoms with E-state index in [0.717, 1.165) is 32.5 Å². The molecular weight excluding hydrogens is 320 g/mol. The molecule has 0 saturated carbocycles. The van der Waals surface area contributed by atoms with Gasteiger partial charge in [-0.3, -0.25) is 14.4 Å². The number of hydrogen-bond acceptors (Lipinski definition) is 4. The first kappa shape index (κ1) is 15.8. The molecule has 0 bridgehead atoms. The minimum Gasteiger partial charge on any atom is -0.339 e. The van der Waals surface area contributed by atoms with Crippen molar-refractivity contribution in [3.05, 3.63) is 40.3 Å². The highest BCUT2D eigenvalue weighted by Crippen LogP contribution is 2.48. The van der Waals surface area contributed by atoms with E-state index in [1.54, 1.807) is 0 Å². The molecule has 1 unspecified atom stereocenters. The summed E-state index contributed by atoms with van der Waals surface area (Å²) < 4.78 is 1.84. The van der Waals surface area contributed by atoms with E-state index in [4.69, 9.17) is 0 Å². The van der Waals surface area contributed by atoms with Gasteiger partial charge in [-0.1, -0.05) is 6.07 Å². The van der Waals surface area contributed by atoms with Crippen LogP contribution in [0.2, 0.25) is 0 Å². The first-order valence-corrected chi connectivity index (χ1v) is 9.46. The lowest BCUT2D eigenvalue weighted by Gasteiger charge is -2.46. The zero-order valence-corrected chi connectivity index (χ0v) is 15.1. The molecule has 128 valence electrons. The average Bonchev–Trinajstić information content (AvgIpc) is 3.28. The molecule has 24 heavy (non-hydrogen) atoms. The molecule has 1 spiro atoms. The zero-order chi connectivity index (χ0) is 16.7. The highest BCUT2D eigenvalue weighted by atomic mass is 32.1. The Hall–Kier alpha value is -1.66. The van der Waals surface area contributed by atoms with Crippen LogP contribution in [0.4, 0.5) is 0 Å². The average molecular weight is 344 g/mol. The standard InChI is InChI=1S/C18H24N4OS/c1-20-12-14(11-19-20)16-10-17(23)21(2)18(16)5-7-22(8-6-18)13-15-4-3-9-24-15/h3-4,9,11-12,16H,5-8,10,13H2,1-2H3. The Labute approximate surface area is 146 Å². The highest BCUT2D eigenvalue weighted by Gasteiger charge is 2.52. The summed E-state index contributed by atoms with van der Waals surface area (Å²) in [4.78, 5) is 18.4. The largest absolute Gasteiger partial charge is 0.339 e. The van der Waals surface area contributed by atoms with E-state index in [-0.39, 0.29) is 17.4 Å². The van der Waals surface area contributed by atoms with Crippen molar-refractivity contribution in [2.24, 2.45) is 7.05 Å². The fourth-order valence-electron chi connectivity index (χ4n) is 4.44. The van der Waals surface area contributed by atoms with Gasteiger partial charge in [0.05, 0.1) is 11.7 Å². The molecule has 2 saturated heterocycles. The second-order valence-corrected chi connectivity index (χ2v) is 8.15. The van der Waals surface area contributed by atoms with Crippen molar-refractivity contribution in [3.8, 4) is 0 Å². The SMILES string of the molecule is CN1C(=O)CC(c2cnn(C)c2)C12CCN(Cc1cccs1)CC2. The first-order chi connectivity index (χ1) is 11.6. The number of hydrogen-bond donors (Lipinski definition) is 0. The van der Waals surface area contributed by atoms with Crippen LogP contribution in [0.3, 0.4) is 0 Å². The number of nitrogens with zero attached hydrogens (tertiary/aromatic N) is 4. The molecule has 5 nitrogen and oxygen atoms in total. The quantitative estimate of drug-likeness (QED) is 0.859. The second kappa shape index (κ2) is 6.01. The van der Waals surface area contributed by atoms with Crippen LogP contribution in [0, 0.1) is 0 Å². The number of rotatable bonds is 3. The van der Waals surface area contributed by atoms with E-state index >= 15 is 0 Å². The van der Waals surface area contributed by atoms with Gasteiger partial charge in [0.25, 0.3) is 0 Å². The third-order valence-electron chi connectivity index (χ3n) is 5.88. The molecule has 2 aromatic heterocycles. The minimum atomic E-state index is -0.0356. The fraction of sp³-hybridized carbons (Fsp3) is 0.556. The second-order valence-electron chi connectivity index (χ2n) is 7.12. The van der Waals surface area contributed by atoms with Crippen LogP contribution in [-0.4, -0.2) is 51.2 Å². The summed E-state index contributed by atoms with van der Waals surface area (Å²) in [7, 11) is 3.94. The molecule has 6 heteroatoms. The number of likely N-dealkylation sites (tertiary alicyclic amines) is 2. The highest BCUT2D eigenvalue weighted by molar-refractivity contribution is 7.09. The summed E-state index contributed by atoms with van der Waals surface area (Å²) in [5, 5.41) is 6.47. The minimum absolute atomic E-state index is 0.0356. The lowest BCUT2D eigenvalue weighted by Crippen LogP contribution is -2.53. The van der Waals surface area contributed by atoms with Gasteiger partial charge in [0.15, 0.2) is 0 Å². The van der Waals surface area contributed by atoms with Crippen LogP contribution in [0.25, 0.3) is 0 Å². The van der Waals surface area contributed by atoms with E-state index in [0.29, 0.717) is 6.42 Å². The first-order valence-electron chi connectivity index (χ1n) is 8.58. The Bertz CT molecular complexity index is 715. The van der Waals surface area contributed by atoms with Gasteiger partial charge in [-0.05, 0) is 29.9 Å². The topological polar surface area (TPSA) is 41.4 Å². The summed E-state index contributed by atoms with van der Waals surface area (Å²) in [5.74, 6) is 0.545. The molecule has 1 amide bonds. The molecule has 4 rings (SSSR count). The van der Waals surface area contributed by atoms with Gasteiger partial charge in [-0.2, -0.15) is 5.10 Å². The van der Waals surface area contributed by atoms with Crippen molar-refractivity contribution in [2.75, 3.05) is 20.1 Å². The van der Waals surface area contributed by atoms with E-state index in [2.05, 4.69) is 33.7 Å². The maximum Gasteiger partial charge on any atom is 0.223 e. The molecule has 0 radical (unpaired) electrons. The number of aromatic nitrogens is 2. The number of piperidine rings is 1. The molecule has 4 heterocycles. The van der Waals surface area contributed by atoms with Crippen molar-refractivity contribution in [1.29, 1.82) is 0 Å². The summed E-state index contributed by atoms with van der Waals surface area (Å²) in [6, 6.07) is 4.33. The predicted octanol–water partition coefficient (Wildman–Crippen LogP) is 2.46. The van der Waals surface area contributed by atoms with Crippen molar-refractivity contribution in [3.63, 3.8) is 0 Å². The Balaban J connectivity index is 1.53. The Kier molecular flexibility index (Phi) is 3.96. The fourth-order valence-corrected chi connectivity index (χ4v) is 5.18. The summed E-state index contributed by atoms with van der Waals surface area (Å²) in [5.41, 5.74) is 1.17. The third-order valence-corrected chi connectivity index (χ3v) is 6.74. The van der Waals surface area contributed by atoms with Crippen molar-refractivity contribution >= 4 is 17.2 Å². The molecular formula is C18H24N4OS. The molecule has 2 aliphatic rings. The van der Waals surface area contributed by atoms with E-state index < -0.39 is 0 Å². The molecule has 2 aromatic rings. The number of thiophene rings is 1. The van der Waals surface area contributed by atoms with Gasteiger partial charge in [0.1, 0.15) is 0 Å². The molecule has 0 aromatic carbocycles. The summed E-state index contributed by atoms with van der Waals surface area (Å²) in [6.07, 6.45) is 6.72. The molecule has 2 fully saturated rings. The smallest absolute Gasteiger partial charge is 0.223 e. The Morgan fingerprint density at radius 3 is 2.75 bits per heavy atom. The Morgan fingerprint density at radius 2 is 2.12 bits per heavy atom. The van der Waals surface area contributed by atoms with Crippen LogP contribution in [0.5, 0.6) is 0 Å². The molecule has 0 N–H and O–H groups in total. The van der Waals surface area contributed by atoms with Gasteiger partial charge >= 0.3 is 0 Å². The summed E-state index contributed by atoms with van der Waals surface area (Å²) >= 11 is 1.82. The van der Waals surface area contributed by atoms with Gasteiger partial charge in [-0.15, -0.1) is 11.3 Å². The number of aryl methyl sites for hydroxylation is 1. The predicted molar refractivity (Wildman–Crippen MR) is 94.9 cm³/mol. The monoisotopic (exact) mass is 344 g/mol. The van der Waals surface area contributed by atoms with Crippen LogP contribution < -0.4 is 0 Å². The molecule has 1 atom stereocenters. The van der Waals surface area contributed by atoms with Gasteiger partial charge in [-0.25, -0.2) is 0 Å². The van der Waals surface area contributed by atoms with Crippen molar-refractivity contribution in [1.82, 2.24) is 19.6 Å². The molecule has 2 aliphatic heterocycles. The van der Waals surface area contributed by atoms with E-state index in [1.165, 1.54) is 10.4 Å². The number of carbonyl (C=O) groups is 1. The normalized spacial score (nSPS) is 24.2. The molecule has 0 aliphatic carbocycles. The van der Waals surface area contributed by atoms with Crippen LogP contribution in [-0.2, 0) is 18.4 Å². The Morgan fingerprint density at radius 1 is 1.33 bits per heavy atom. The van der Waals surface area contributed by atoms with Gasteiger partial charge < -0.3 is 4.90 Å². The third kappa shape index (κ3) is 2.58. The lowest BCUT2D eigenvalue weighted by molar-refractivity contribution is -0.130. The van der Waals surface area contributed by atoms with Gasteiger partial charge in [0, 0.05) is 57.1 Å². The number of carbonyl (C=O) groups excluding carboxylic acids is 1. The maximum absolute atomic E-state index is 12.5. The summed E-state index contributed by atoms with van der Waals surface area (Å²) in [6.45, 7) is 3.13. The van der Waals surface area contributed by atoms with E-state index in [1.807, 2.05) is 41.2 Å². The van der Waals surface area contributed by atoms with E-state index in [9.17, 15) is 4.79 Å². The van der Waals surface area contributed by atoms with Crippen LogP contribution in [0.15, 0.2) is 29.9 Å². The number of amides is 1. The van der Waals surface area contributed by atoms with Crippen molar-refractivity contribution in [2.45, 2.75) is 37.3 Å². The zero-order valence-electron chi connectivity index (χ0n) is 14.3. The van der Waals surface area contributed by atoms with Gasteiger partial charge in [0.2, 0.25) is 5.91 Å². The maximum atomic E-state index is 12.5. The van der Waals surface area contributed by atoms with Crippen LogP contribution >= 0.6 is 11.3 Å². The number of likely N-dealkylation sites (N-methyl/N-ethyl adjacent to an activating group) is 1. The van der Waals surface area contributed by atoms with Crippen LogP contribution in [0.1, 0.15) is 35.6 Å². The van der Waals surface area contributed by atoms with Crippen molar-refractivity contribution < 1.29 is 4.79 Å².